The van der Waals surface area contributed by atoms with E-state index in [0.29, 0.717) is 40.9 Å². The minimum Gasteiger partial charge on any atom is -0.334 e. The molecule has 0 radical (unpaired) electrons. The zero-order valence-electron chi connectivity index (χ0n) is 17.1. The summed E-state index contributed by atoms with van der Waals surface area (Å²) in [4.78, 5) is 24.8. The van der Waals surface area contributed by atoms with Gasteiger partial charge in [-0.3, -0.25) is 4.79 Å². The summed E-state index contributed by atoms with van der Waals surface area (Å²) >= 11 is 12.3. The predicted octanol–water partition coefficient (Wildman–Crippen LogP) is 6.32. The van der Waals surface area contributed by atoms with Gasteiger partial charge in [0.15, 0.2) is 5.82 Å². The van der Waals surface area contributed by atoms with E-state index in [1.807, 2.05) is 71.6 Å². The molecule has 2 heterocycles. The van der Waals surface area contributed by atoms with Gasteiger partial charge in [0.25, 0.3) is 5.91 Å². The highest BCUT2D eigenvalue weighted by Gasteiger charge is 2.27. The summed E-state index contributed by atoms with van der Waals surface area (Å²) in [5, 5.41) is 1.13. The Labute approximate surface area is 196 Å². The van der Waals surface area contributed by atoms with Crippen molar-refractivity contribution in [2.24, 2.45) is 0 Å². The monoisotopic (exact) mass is 459 g/mol. The van der Waals surface area contributed by atoms with Crippen LogP contribution in [0.4, 0.5) is 0 Å². The van der Waals surface area contributed by atoms with Crippen molar-refractivity contribution in [2.45, 2.75) is 13.0 Å². The topological polar surface area (TPSA) is 46.1 Å². The Morgan fingerprint density at radius 3 is 2.28 bits per heavy atom. The molecule has 32 heavy (non-hydrogen) atoms. The van der Waals surface area contributed by atoms with Gasteiger partial charge in [0.05, 0.1) is 22.0 Å². The zero-order chi connectivity index (χ0) is 22.1. The standard InChI is InChI=1S/C26H19Cl2N3O/c27-19-12-10-18(11-13-19)25-29-23-14-15-31(26(32)20-8-4-5-9-22(20)28)16-21(23)24(30-25)17-6-2-1-3-7-17/h1-13H,14-16H2. The lowest BCUT2D eigenvalue weighted by Gasteiger charge is -2.30. The second-order valence-corrected chi connectivity index (χ2v) is 8.49. The molecular formula is C26H19Cl2N3O. The van der Waals surface area contributed by atoms with E-state index in [-0.39, 0.29) is 5.91 Å². The second kappa shape index (κ2) is 8.73. The van der Waals surface area contributed by atoms with Gasteiger partial charge in [0.1, 0.15) is 0 Å². The average Bonchev–Trinajstić information content (AvgIpc) is 2.84. The van der Waals surface area contributed by atoms with E-state index in [1.165, 1.54) is 0 Å². The Hall–Kier alpha value is -3.21. The summed E-state index contributed by atoms with van der Waals surface area (Å²) in [7, 11) is 0. The van der Waals surface area contributed by atoms with Gasteiger partial charge in [-0.05, 0) is 36.4 Å². The third-order valence-corrected chi connectivity index (χ3v) is 6.18. The van der Waals surface area contributed by atoms with Crippen molar-refractivity contribution in [1.29, 1.82) is 0 Å². The molecule has 0 spiro atoms. The van der Waals surface area contributed by atoms with Crippen LogP contribution in [0.25, 0.3) is 22.6 Å². The molecule has 4 nitrogen and oxygen atoms in total. The van der Waals surface area contributed by atoms with E-state index in [1.54, 1.807) is 12.1 Å². The maximum absolute atomic E-state index is 13.2. The Morgan fingerprint density at radius 1 is 0.812 bits per heavy atom. The predicted molar refractivity (Wildman–Crippen MR) is 128 cm³/mol. The number of hydrogen-bond donors (Lipinski definition) is 0. The van der Waals surface area contributed by atoms with Crippen LogP contribution in [0.5, 0.6) is 0 Å². The van der Waals surface area contributed by atoms with Crippen molar-refractivity contribution < 1.29 is 4.79 Å². The molecule has 158 valence electrons. The van der Waals surface area contributed by atoms with Gasteiger partial charge >= 0.3 is 0 Å². The zero-order valence-corrected chi connectivity index (χ0v) is 18.6. The van der Waals surface area contributed by atoms with Crippen molar-refractivity contribution in [3.05, 3.63) is 106 Å². The second-order valence-electron chi connectivity index (χ2n) is 7.65. The molecule has 0 N–H and O–H groups in total. The van der Waals surface area contributed by atoms with E-state index in [4.69, 9.17) is 33.2 Å². The van der Waals surface area contributed by atoms with Crippen LogP contribution in [-0.2, 0) is 13.0 Å². The van der Waals surface area contributed by atoms with Crippen LogP contribution < -0.4 is 0 Å². The maximum atomic E-state index is 13.2. The van der Waals surface area contributed by atoms with E-state index in [0.717, 1.165) is 28.1 Å². The summed E-state index contributed by atoms with van der Waals surface area (Å²) in [6, 6.07) is 24.7. The number of hydrogen-bond acceptors (Lipinski definition) is 3. The number of amides is 1. The number of rotatable bonds is 3. The minimum absolute atomic E-state index is 0.0814. The Balaban J connectivity index is 1.58. The first-order valence-corrected chi connectivity index (χ1v) is 11.1. The maximum Gasteiger partial charge on any atom is 0.255 e. The van der Waals surface area contributed by atoms with Gasteiger partial charge in [0.2, 0.25) is 0 Å². The third-order valence-electron chi connectivity index (χ3n) is 5.60. The largest absolute Gasteiger partial charge is 0.334 e. The van der Waals surface area contributed by atoms with Gasteiger partial charge in [-0.25, -0.2) is 9.97 Å². The SMILES string of the molecule is O=C(c1ccccc1Cl)N1CCc2nc(-c3ccc(Cl)cc3)nc(-c3ccccc3)c2C1. The lowest BCUT2D eigenvalue weighted by molar-refractivity contribution is 0.0734. The van der Waals surface area contributed by atoms with Crippen LogP contribution in [0.2, 0.25) is 10.0 Å². The molecule has 3 aromatic carbocycles. The van der Waals surface area contributed by atoms with Gasteiger partial charge in [0, 0.05) is 41.2 Å². The number of carbonyl (C=O) groups excluding carboxylic acids is 1. The van der Waals surface area contributed by atoms with Gasteiger partial charge in [-0.15, -0.1) is 0 Å². The lowest BCUT2D eigenvalue weighted by atomic mass is 9.98. The molecule has 0 saturated heterocycles. The molecular weight excluding hydrogens is 441 g/mol. The molecule has 0 fully saturated rings. The van der Waals surface area contributed by atoms with Crippen LogP contribution in [0.1, 0.15) is 21.6 Å². The smallest absolute Gasteiger partial charge is 0.255 e. The summed E-state index contributed by atoms with van der Waals surface area (Å²) in [6.45, 7) is 1.01. The molecule has 1 amide bonds. The highest BCUT2D eigenvalue weighted by atomic mass is 35.5. The van der Waals surface area contributed by atoms with E-state index in [9.17, 15) is 4.79 Å². The summed E-state index contributed by atoms with van der Waals surface area (Å²) in [6.07, 6.45) is 0.647. The molecule has 0 atom stereocenters. The molecule has 0 unspecified atom stereocenters. The molecule has 5 rings (SSSR count). The van der Waals surface area contributed by atoms with Gasteiger partial charge in [-0.1, -0.05) is 65.7 Å². The van der Waals surface area contributed by atoms with Crippen LogP contribution >= 0.6 is 23.2 Å². The first-order valence-electron chi connectivity index (χ1n) is 10.3. The summed E-state index contributed by atoms with van der Waals surface area (Å²) < 4.78 is 0. The first kappa shape index (κ1) is 20.7. The Bertz CT molecular complexity index is 1290. The highest BCUT2D eigenvalue weighted by molar-refractivity contribution is 6.33. The fourth-order valence-corrected chi connectivity index (χ4v) is 4.30. The number of nitrogens with zero attached hydrogens (tertiary/aromatic N) is 3. The molecule has 6 heteroatoms. The highest BCUT2D eigenvalue weighted by Crippen LogP contribution is 2.32. The summed E-state index contributed by atoms with van der Waals surface area (Å²) in [5.74, 6) is 0.576. The number of carbonyl (C=O) groups is 1. The van der Waals surface area contributed by atoms with E-state index >= 15 is 0 Å². The summed E-state index contributed by atoms with van der Waals surface area (Å²) in [5.41, 5.74) is 5.19. The van der Waals surface area contributed by atoms with Crippen molar-refractivity contribution in [3.63, 3.8) is 0 Å². The number of benzene rings is 3. The lowest BCUT2D eigenvalue weighted by Crippen LogP contribution is -2.37. The molecule has 0 bridgehead atoms. The molecule has 1 aliphatic heterocycles. The average molecular weight is 460 g/mol. The Morgan fingerprint density at radius 2 is 1.53 bits per heavy atom. The molecule has 0 saturated carbocycles. The van der Waals surface area contributed by atoms with Crippen LogP contribution in [-0.4, -0.2) is 27.3 Å². The van der Waals surface area contributed by atoms with Crippen molar-refractivity contribution in [2.75, 3.05) is 6.54 Å². The van der Waals surface area contributed by atoms with Crippen molar-refractivity contribution in [3.8, 4) is 22.6 Å². The molecule has 0 aliphatic carbocycles. The number of aromatic nitrogens is 2. The van der Waals surface area contributed by atoms with Crippen LogP contribution in [0.15, 0.2) is 78.9 Å². The molecule has 4 aromatic rings. The first-order chi connectivity index (χ1) is 15.6. The van der Waals surface area contributed by atoms with E-state index in [2.05, 4.69) is 0 Å². The molecule has 1 aromatic heterocycles. The van der Waals surface area contributed by atoms with Crippen molar-refractivity contribution >= 4 is 29.1 Å². The van der Waals surface area contributed by atoms with Crippen LogP contribution in [0.3, 0.4) is 0 Å². The van der Waals surface area contributed by atoms with Gasteiger partial charge < -0.3 is 4.90 Å². The minimum atomic E-state index is -0.0814. The Kier molecular flexibility index (Phi) is 5.64. The van der Waals surface area contributed by atoms with E-state index < -0.39 is 0 Å². The van der Waals surface area contributed by atoms with Gasteiger partial charge in [-0.2, -0.15) is 0 Å². The normalized spacial score (nSPS) is 13.0. The molecule has 1 aliphatic rings. The van der Waals surface area contributed by atoms with Crippen LogP contribution in [0, 0.1) is 0 Å². The fourth-order valence-electron chi connectivity index (χ4n) is 3.96. The third kappa shape index (κ3) is 3.99. The van der Waals surface area contributed by atoms with Crippen molar-refractivity contribution in [1.82, 2.24) is 14.9 Å². The number of halogens is 2. The number of fused-ring (bicyclic) bond motifs is 1. The quantitative estimate of drug-likeness (QED) is 0.360. The fraction of sp³-hybridized carbons (Fsp3) is 0.115.